The molecule has 0 heterocycles. The Morgan fingerprint density at radius 1 is 1.23 bits per heavy atom. The maximum atomic E-state index is 11.3. The van der Waals surface area contributed by atoms with Gasteiger partial charge in [0.2, 0.25) is 0 Å². The van der Waals surface area contributed by atoms with E-state index >= 15 is 0 Å². The van der Waals surface area contributed by atoms with Crippen LogP contribution in [-0.2, 0) is 4.74 Å². The van der Waals surface area contributed by atoms with E-state index in [4.69, 9.17) is 0 Å². The number of ether oxygens (including phenoxy) is 1. The second kappa shape index (κ2) is 6.62. The van der Waals surface area contributed by atoms with Crippen LogP contribution in [0.1, 0.15) is 21.5 Å². The van der Waals surface area contributed by atoms with Gasteiger partial charge in [-0.3, -0.25) is 15.1 Å². The highest BCUT2D eigenvalue weighted by Crippen LogP contribution is 2.23. The van der Waals surface area contributed by atoms with E-state index < -0.39 is 10.9 Å². The standard InChI is InChI=1S/C16H14N2O4/c1-11-9-14(18(20)21)7-8-15(11)17-10-12-3-5-13(6-4-12)16(19)22-2/h3-10H,1-2H3. The summed E-state index contributed by atoms with van der Waals surface area (Å²) < 4.78 is 4.62. The number of aliphatic imine (C=N–C) groups is 1. The van der Waals surface area contributed by atoms with Gasteiger partial charge in [0.1, 0.15) is 0 Å². The molecule has 6 heteroatoms. The summed E-state index contributed by atoms with van der Waals surface area (Å²) in [5.41, 5.74) is 2.69. The quantitative estimate of drug-likeness (QED) is 0.375. The topological polar surface area (TPSA) is 81.8 Å². The van der Waals surface area contributed by atoms with Crippen LogP contribution >= 0.6 is 0 Å². The van der Waals surface area contributed by atoms with Gasteiger partial charge in [0.15, 0.2) is 0 Å². The van der Waals surface area contributed by atoms with Crippen LogP contribution in [0.15, 0.2) is 47.5 Å². The van der Waals surface area contributed by atoms with E-state index in [0.717, 1.165) is 11.1 Å². The summed E-state index contributed by atoms with van der Waals surface area (Å²) >= 11 is 0. The molecule has 0 unspecified atom stereocenters. The summed E-state index contributed by atoms with van der Waals surface area (Å²) in [6.07, 6.45) is 1.63. The molecule has 0 aliphatic heterocycles. The number of esters is 1. The van der Waals surface area contributed by atoms with Crippen molar-refractivity contribution in [2.24, 2.45) is 4.99 Å². The summed E-state index contributed by atoms with van der Waals surface area (Å²) in [5.74, 6) is -0.394. The molecule has 0 atom stereocenters. The lowest BCUT2D eigenvalue weighted by atomic mass is 10.1. The first-order valence-corrected chi connectivity index (χ1v) is 6.49. The van der Waals surface area contributed by atoms with Crippen LogP contribution in [0, 0.1) is 17.0 Å². The minimum atomic E-state index is -0.438. The van der Waals surface area contributed by atoms with E-state index in [0.29, 0.717) is 11.3 Å². The number of nitrogens with zero attached hydrogens (tertiary/aromatic N) is 2. The van der Waals surface area contributed by atoms with Crippen molar-refractivity contribution in [3.63, 3.8) is 0 Å². The average Bonchev–Trinajstić information content (AvgIpc) is 2.53. The molecule has 0 N–H and O–H groups in total. The van der Waals surface area contributed by atoms with Gasteiger partial charge >= 0.3 is 5.97 Å². The highest BCUT2D eigenvalue weighted by atomic mass is 16.6. The van der Waals surface area contributed by atoms with Crippen LogP contribution in [0.25, 0.3) is 0 Å². The molecule has 0 saturated heterocycles. The number of hydrogen-bond donors (Lipinski definition) is 0. The third-order valence-corrected chi connectivity index (χ3v) is 3.08. The third kappa shape index (κ3) is 3.54. The van der Waals surface area contributed by atoms with E-state index in [-0.39, 0.29) is 5.69 Å². The minimum Gasteiger partial charge on any atom is -0.465 e. The first-order valence-electron chi connectivity index (χ1n) is 6.49. The van der Waals surface area contributed by atoms with Crippen molar-refractivity contribution >= 4 is 23.6 Å². The predicted molar refractivity (Wildman–Crippen MR) is 82.9 cm³/mol. The fraction of sp³-hybridized carbons (Fsp3) is 0.125. The Hall–Kier alpha value is -3.02. The molecule has 0 bridgehead atoms. The van der Waals surface area contributed by atoms with E-state index in [1.807, 2.05) is 0 Å². The number of aryl methyl sites for hydroxylation is 1. The largest absolute Gasteiger partial charge is 0.465 e. The van der Waals surface area contributed by atoms with Gasteiger partial charge < -0.3 is 4.74 Å². The number of rotatable bonds is 4. The maximum Gasteiger partial charge on any atom is 0.337 e. The smallest absolute Gasteiger partial charge is 0.337 e. The Morgan fingerprint density at radius 3 is 2.45 bits per heavy atom. The zero-order chi connectivity index (χ0) is 16.1. The Kier molecular flexibility index (Phi) is 4.63. The second-order valence-corrected chi connectivity index (χ2v) is 4.60. The zero-order valence-electron chi connectivity index (χ0n) is 12.1. The molecule has 0 aromatic heterocycles. The Balaban J connectivity index is 2.18. The van der Waals surface area contributed by atoms with Crippen LogP contribution in [0.2, 0.25) is 0 Å². The SMILES string of the molecule is COC(=O)c1ccc(C=Nc2ccc([N+](=O)[O-])cc2C)cc1. The molecule has 0 amide bonds. The zero-order valence-corrected chi connectivity index (χ0v) is 12.1. The van der Waals surface area contributed by atoms with Crippen LogP contribution in [-0.4, -0.2) is 24.2 Å². The molecule has 2 aromatic rings. The molecular weight excluding hydrogens is 284 g/mol. The van der Waals surface area contributed by atoms with Gasteiger partial charge in [-0.05, 0) is 36.2 Å². The van der Waals surface area contributed by atoms with E-state index in [9.17, 15) is 14.9 Å². The van der Waals surface area contributed by atoms with Gasteiger partial charge in [-0.2, -0.15) is 0 Å². The molecule has 0 saturated carbocycles. The summed E-state index contributed by atoms with van der Waals surface area (Å²) in [7, 11) is 1.33. The lowest BCUT2D eigenvalue weighted by Gasteiger charge is -2.01. The summed E-state index contributed by atoms with van der Waals surface area (Å²) in [4.78, 5) is 25.9. The number of nitro benzene ring substituents is 1. The van der Waals surface area contributed by atoms with Crippen molar-refractivity contribution in [3.05, 3.63) is 69.3 Å². The molecule has 22 heavy (non-hydrogen) atoms. The number of carbonyl (C=O) groups is 1. The molecule has 0 aliphatic rings. The van der Waals surface area contributed by atoms with Crippen LogP contribution in [0.5, 0.6) is 0 Å². The van der Waals surface area contributed by atoms with Gasteiger partial charge in [0.25, 0.3) is 5.69 Å². The molecular formula is C16H14N2O4. The lowest BCUT2D eigenvalue weighted by Crippen LogP contribution is -2.00. The van der Waals surface area contributed by atoms with Crippen molar-refractivity contribution in [3.8, 4) is 0 Å². The van der Waals surface area contributed by atoms with Crippen LogP contribution < -0.4 is 0 Å². The van der Waals surface area contributed by atoms with E-state index in [1.165, 1.54) is 19.2 Å². The number of benzene rings is 2. The monoisotopic (exact) mass is 298 g/mol. The third-order valence-electron chi connectivity index (χ3n) is 3.08. The normalized spacial score (nSPS) is 10.6. The molecule has 0 radical (unpaired) electrons. The fourth-order valence-electron chi connectivity index (χ4n) is 1.87. The molecule has 2 aromatic carbocycles. The van der Waals surface area contributed by atoms with E-state index in [1.54, 1.807) is 43.5 Å². The van der Waals surface area contributed by atoms with Crippen molar-refractivity contribution < 1.29 is 14.5 Å². The number of hydrogen-bond acceptors (Lipinski definition) is 5. The number of non-ortho nitro benzene ring substituents is 1. The Labute approximate surface area is 127 Å². The first-order chi connectivity index (χ1) is 10.5. The van der Waals surface area contributed by atoms with Gasteiger partial charge in [-0.15, -0.1) is 0 Å². The minimum absolute atomic E-state index is 0.0406. The van der Waals surface area contributed by atoms with Crippen LogP contribution in [0.3, 0.4) is 0 Å². The van der Waals surface area contributed by atoms with Gasteiger partial charge in [0, 0.05) is 18.3 Å². The van der Waals surface area contributed by atoms with Crippen molar-refractivity contribution in [1.29, 1.82) is 0 Å². The lowest BCUT2D eigenvalue weighted by molar-refractivity contribution is -0.384. The number of nitro groups is 1. The molecule has 0 spiro atoms. The van der Waals surface area contributed by atoms with Crippen molar-refractivity contribution in [2.75, 3.05) is 7.11 Å². The predicted octanol–water partition coefficient (Wildman–Crippen LogP) is 3.44. The van der Waals surface area contributed by atoms with Gasteiger partial charge in [-0.25, -0.2) is 4.79 Å². The Morgan fingerprint density at radius 2 is 1.91 bits per heavy atom. The summed E-state index contributed by atoms with van der Waals surface area (Å²) in [6.45, 7) is 1.76. The van der Waals surface area contributed by atoms with Gasteiger partial charge in [0.05, 0.1) is 23.3 Å². The van der Waals surface area contributed by atoms with Gasteiger partial charge in [-0.1, -0.05) is 12.1 Å². The molecule has 0 aliphatic carbocycles. The van der Waals surface area contributed by atoms with Crippen LogP contribution in [0.4, 0.5) is 11.4 Å². The van der Waals surface area contributed by atoms with E-state index in [2.05, 4.69) is 9.73 Å². The highest BCUT2D eigenvalue weighted by molar-refractivity contribution is 5.91. The second-order valence-electron chi connectivity index (χ2n) is 4.60. The fourth-order valence-corrected chi connectivity index (χ4v) is 1.87. The maximum absolute atomic E-state index is 11.3. The highest BCUT2D eigenvalue weighted by Gasteiger charge is 2.07. The summed E-state index contributed by atoms with van der Waals surface area (Å²) in [6, 6.07) is 11.3. The number of methoxy groups -OCH3 is 1. The molecule has 2 rings (SSSR count). The first kappa shape index (κ1) is 15.4. The summed E-state index contributed by atoms with van der Waals surface area (Å²) in [5, 5.41) is 10.7. The molecule has 0 fully saturated rings. The average molecular weight is 298 g/mol. The molecule has 112 valence electrons. The van der Waals surface area contributed by atoms with Crippen molar-refractivity contribution in [1.82, 2.24) is 0 Å². The Bertz CT molecular complexity index is 736. The van der Waals surface area contributed by atoms with Crippen molar-refractivity contribution in [2.45, 2.75) is 6.92 Å². The number of carbonyl (C=O) groups excluding carboxylic acids is 1. The molecule has 6 nitrogen and oxygen atoms in total.